The average molecular weight is 641 g/mol. The smallest absolute Gasteiger partial charge is 0.211 e. The topological polar surface area (TPSA) is 90.9 Å². The Morgan fingerprint density at radius 3 is 2.81 bits per heavy atom. The van der Waals surface area contributed by atoms with E-state index in [4.69, 9.17) is 14.7 Å². The molecule has 0 bridgehead atoms. The van der Waals surface area contributed by atoms with Gasteiger partial charge in [-0.1, -0.05) is 12.1 Å². The van der Waals surface area contributed by atoms with Crippen molar-refractivity contribution >= 4 is 68.1 Å². The van der Waals surface area contributed by atoms with Crippen LogP contribution in [-0.2, 0) is 21.3 Å². The van der Waals surface area contributed by atoms with Crippen molar-refractivity contribution in [3.8, 4) is 11.4 Å². The van der Waals surface area contributed by atoms with Crippen LogP contribution in [0.25, 0.3) is 21.6 Å². The zero-order valence-electron chi connectivity index (χ0n) is 20.1. The molecule has 0 radical (unpaired) electrons. The largest absolute Gasteiger partial charge is 0.378 e. The van der Waals surface area contributed by atoms with E-state index in [-0.39, 0.29) is 21.0 Å². The maximum atomic E-state index is 12.0. The maximum Gasteiger partial charge on any atom is 0.211 e. The molecule has 2 saturated heterocycles. The summed E-state index contributed by atoms with van der Waals surface area (Å²) in [6.07, 6.45) is 2.14. The summed E-state index contributed by atoms with van der Waals surface area (Å²) in [6, 6.07) is 8.56. The van der Waals surface area contributed by atoms with Gasteiger partial charge in [0.05, 0.1) is 30.5 Å². The van der Waals surface area contributed by atoms with Crippen molar-refractivity contribution in [2.45, 2.75) is 13.0 Å². The maximum absolute atomic E-state index is 12.0. The van der Waals surface area contributed by atoms with Gasteiger partial charge >= 0.3 is 0 Å². The molecule has 12 heteroatoms. The van der Waals surface area contributed by atoms with E-state index >= 15 is 0 Å². The lowest BCUT2D eigenvalue weighted by Crippen LogP contribution is -2.37. The number of hydrogen-bond donors (Lipinski definition) is 1. The third-order valence-corrected chi connectivity index (χ3v) is 10.9. The Morgan fingerprint density at radius 1 is 1.11 bits per heavy atom. The van der Waals surface area contributed by atoms with Gasteiger partial charge in [-0.05, 0) is 50.1 Å². The quantitative estimate of drug-likeness (QED) is 0.336. The van der Waals surface area contributed by atoms with Crippen LogP contribution in [0.5, 0.6) is 0 Å². The van der Waals surface area contributed by atoms with Gasteiger partial charge in [-0.15, -0.1) is 11.3 Å². The van der Waals surface area contributed by atoms with Gasteiger partial charge in [0.1, 0.15) is 10.6 Å². The Balaban J connectivity index is 1.35. The third-order valence-electron chi connectivity index (χ3n) is 6.80. The number of nitrogens with zero attached hydrogens (tertiary/aromatic N) is 5. The van der Waals surface area contributed by atoms with Gasteiger partial charge in [0, 0.05) is 55.3 Å². The third kappa shape index (κ3) is 5.03. The lowest BCUT2D eigenvalue weighted by Gasteiger charge is -2.28. The molecule has 0 unspecified atom stereocenters. The summed E-state index contributed by atoms with van der Waals surface area (Å²) in [5, 5.41) is 1.09. The highest BCUT2D eigenvalue weighted by Crippen LogP contribution is 2.37. The fourth-order valence-corrected chi connectivity index (χ4v) is 8.81. The molecule has 1 N–H and O–H groups in total. The second-order valence-corrected chi connectivity index (χ2v) is 14.2. The molecule has 6 rings (SSSR count). The Morgan fingerprint density at radius 2 is 1.97 bits per heavy atom. The van der Waals surface area contributed by atoms with Gasteiger partial charge in [-0.25, -0.2) is 22.7 Å². The molecular formula is C24H29IN6O3S2. The van der Waals surface area contributed by atoms with Crippen molar-refractivity contribution in [3.05, 3.63) is 34.7 Å². The number of benzene rings is 1. The van der Waals surface area contributed by atoms with Crippen molar-refractivity contribution in [3.63, 3.8) is 0 Å². The van der Waals surface area contributed by atoms with E-state index in [1.807, 2.05) is 0 Å². The summed E-state index contributed by atoms with van der Waals surface area (Å²) < 4.78 is 37.0. The number of aromatic nitrogens is 2. The van der Waals surface area contributed by atoms with Gasteiger partial charge < -0.3 is 13.2 Å². The number of halogens is 1. The number of sulfonamides is 1. The molecule has 1 aromatic carbocycles. The van der Waals surface area contributed by atoms with E-state index < -0.39 is 10.0 Å². The monoisotopic (exact) mass is 640 g/mol. The molecule has 0 amide bonds. The van der Waals surface area contributed by atoms with Crippen molar-refractivity contribution in [2.24, 2.45) is 0 Å². The number of morpholine rings is 1. The first-order valence-corrected chi connectivity index (χ1v) is 17.1. The predicted molar refractivity (Wildman–Crippen MR) is 155 cm³/mol. The highest BCUT2D eigenvalue weighted by molar-refractivity contribution is 14.2. The average Bonchev–Trinajstić information content (AvgIpc) is 3.44. The van der Waals surface area contributed by atoms with E-state index in [1.165, 1.54) is 22.4 Å². The molecule has 2 fully saturated rings. The molecule has 5 heterocycles. The van der Waals surface area contributed by atoms with Crippen LogP contribution >= 0.6 is 32.3 Å². The van der Waals surface area contributed by atoms with Crippen LogP contribution < -0.4 is 8.43 Å². The van der Waals surface area contributed by atoms with Crippen molar-refractivity contribution in [1.82, 2.24) is 19.2 Å². The second-order valence-electron chi connectivity index (χ2n) is 9.27. The number of hydrogen-bond acceptors (Lipinski definition) is 9. The number of rotatable bonds is 5. The normalized spacial score (nSPS) is 19.6. The molecular weight excluding hydrogens is 611 g/mol. The first-order chi connectivity index (χ1) is 17.5. The lowest BCUT2D eigenvalue weighted by molar-refractivity contribution is 0.122. The molecule has 192 valence electrons. The highest BCUT2D eigenvalue weighted by Gasteiger charge is 2.24. The standard InChI is InChI=1S/C24H29IN6O3S2/c1-36(32,33)31-7-3-6-29(8-9-31)16-17-14-19-23(30-10-12-34-13-11-30)26-22(27-24(19)35-17)18-4-2-5-21-20(18)15-25-28-21/h2,4-5,14-15,28H,3,6-13,16H2,1H3. The summed E-state index contributed by atoms with van der Waals surface area (Å²) in [4.78, 5) is 17.1. The van der Waals surface area contributed by atoms with Crippen molar-refractivity contribution in [1.29, 1.82) is 0 Å². The van der Waals surface area contributed by atoms with E-state index in [0.29, 0.717) is 26.3 Å². The fourth-order valence-electron chi connectivity index (χ4n) is 4.93. The molecule has 0 atom stereocenters. The van der Waals surface area contributed by atoms with Gasteiger partial charge in [0.25, 0.3) is 0 Å². The molecule has 9 nitrogen and oxygen atoms in total. The predicted octanol–water partition coefficient (Wildman–Crippen LogP) is 3.12. The minimum Gasteiger partial charge on any atom is -0.378 e. The Labute approximate surface area is 225 Å². The van der Waals surface area contributed by atoms with Gasteiger partial charge in [0.2, 0.25) is 10.0 Å². The first kappa shape index (κ1) is 24.6. The molecule has 3 aliphatic heterocycles. The minimum atomic E-state index is -3.15. The van der Waals surface area contributed by atoms with Gasteiger partial charge in [0.15, 0.2) is 5.82 Å². The van der Waals surface area contributed by atoms with Crippen molar-refractivity contribution in [2.75, 3.05) is 67.2 Å². The van der Waals surface area contributed by atoms with Crippen LogP contribution in [0.15, 0.2) is 24.3 Å². The first-order valence-electron chi connectivity index (χ1n) is 12.1. The minimum absolute atomic E-state index is 0.174. The number of nitrogens with one attached hydrogen (secondary N) is 1. The molecule has 3 aromatic rings. The van der Waals surface area contributed by atoms with Crippen LogP contribution in [0, 0.1) is 0 Å². The fraction of sp³-hybridized carbons (Fsp3) is 0.458. The second kappa shape index (κ2) is 10.2. The zero-order valence-corrected chi connectivity index (χ0v) is 23.9. The summed E-state index contributed by atoms with van der Waals surface area (Å²) >= 11 is 1.55. The summed E-state index contributed by atoms with van der Waals surface area (Å²) in [5.74, 6) is 1.76. The Kier molecular flexibility index (Phi) is 6.99. The van der Waals surface area contributed by atoms with E-state index in [1.54, 1.807) is 15.6 Å². The van der Waals surface area contributed by atoms with Gasteiger partial charge in [-0.2, -0.15) is 0 Å². The molecule has 36 heavy (non-hydrogen) atoms. The van der Waals surface area contributed by atoms with E-state index in [0.717, 1.165) is 66.6 Å². The molecule has 0 spiro atoms. The summed E-state index contributed by atoms with van der Waals surface area (Å²) in [7, 11) is -3.15. The number of anilines is 2. The van der Waals surface area contributed by atoms with Crippen molar-refractivity contribution < 1.29 is 13.2 Å². The summed E-state index contributed by atoms with van der Waals surface area (Å²) in [6.45, 7) is 6.57. The number of ether oxygens (including phenoxy) is 1. The Hall–Kier alpha value is -1.71. The Bertz CT molecular complexity index is 1420. The van der Waals surface area contributed by atoms with E-state index in [9.17, 15) is 8.42 Å². The molecule has 2 aromatic heterocycles. The SMILES string of the molecule is CS(=O)(=O)N1CCCN(Cc2cc3c(N4CCOCC4)nc(-c4cccc5c4C=IN5)nc3s2)CC1. The van der Waals surface area contributed by atoms with E-state index in [2.05, 4.69) is 41.6 Å². The van der Waals surface area contributed by atoms with Crippen LogP contribution in [0.2, 0.25) is 0 Å². The van der Waals surface area contributed by atoms with Crippen LogP contribution in [0.3, 0.4) is 0 Å². The molecule has 0 aliphatic carbocycles. The zero-order chi connectivity index (χ0) is 24.7. The van der Waals surface area contributed by atoms with Crippen LogP contribution in [0.1, 0.15) is 16.9 Å². The lowest BCUT2D eigenvalue weighted by atomic mass is 10.1. The van der Waals surface area contributed by atoms with Crippen LogP contribution in [0.4, 0.5) is 11.5 Å². The molecule has 3 aliphatic rings. The highest BCUT2D eigenvalue weighted by atomic mass is 127. The molecule has 0 saturated carbocycles. The summed E-state index contributed by atoms with van der Waals surface area (Å²) in [5.41, 5.74) is 3.47. The number of thiophene rings is 1. The van der Waals surface area contributed by atoms with Gasteiger partial charge in [-0.3, -0.25) is 4.90 Å². The number of fused-ring (bicyclic) bond motifs is 2. The van der Waals surface area contributed by atoms with Crippen LogP contribution in [-0.4, -0.2) is 90.3 Å².